The van der Waals surface area contributed by atoms with E-state index in [9.17, 15) is 0 Å². The fourth-order valence-electron chi connectivity index (χ4n) is 2.28. The van der Waals surface area contributed by atoms with Gasteiger partial charge in [0.1, 0.15) is 0 Å². The van der Waals surface area contributed by atoms with E-state index in [1.165, 1.54) is 51.6 Å². The standard InChI is InChI=1S/C11H20ClN/c12-9-11-3-1-2-7-13(11)8-6-10-4-5-10/h10-11H,1-9H2. The van der Waals surface area contributed by atoms with E-state index in [-0.39, 0.29) is 0 Å². The summed E-state index contributed by atoms with van der Waals surface area (Å²) >= 11 is 5.96. The highest BCUT2D eigenvalue weighted by Gasteiger charge is 2.25. The van der Waals surface area contributed by atoms with E-state index < -0.39 is 0 Å². The maximum absolute atomic E-state index is 5.96. The SMILES string of the molecule is ClCC1CCCCN1CCC1CC1. The summed E-state index contributed by atoms with van der Waals surface area (Å²) in [5.74, 6) is 1.91. The van der Waals surface area contributed by atoms with Crippen LogP contribution in [0.3, 0.4) is 0 Å². The van der Waals surface area contributed by atoms with Crippen LogP contribution in [0.25, 0.3) is 0 Å². The van der Waals surface area contributed by atoms with Gasteiger partial charge in [-0.15, -0.1) is 11.6 Å². The smallest absolute Gasteiger partial charge is 0.0379 e. The number of likely N-dealkylation sites (tertiary alicyclic amines) is 1. The number of halogens is 1. The average molecular weight is 202 g/mol. The van der Waals surface area contributed by atoms with Gasteiger partial charge in [-0.1, -0.05) is 19.3 Å². The molecule has 0 bridgehead atoms. The highest BCUT2D eigenvalue weighted by atomic mass is 35.5. The third-order valence-electron chi connectivity index (χ3n) is 3.45. The molecule has 1 aliphatic heterocycles. The van der Waals surface area contributed by atoms with Crippen LogP contribution in [-0.4, -0.2) is 29.9 Å². The van der Waals surface area contributed by atoms with Crippen molar-refractivity contribution >= 4 is 11.6 Å². The van der Waals surface area contributed by atoms with Crippen LogP contribution in [0, 0.1) is 5.92 Å². The van der Waals surface area contributed by atoms with Gasteiger partial charge in [-0.05, 0) is 38.3 Å². The lowest BCUT2D eigenvalue weighted by atomic mass is 10.0. The van der Waals surface area contributed by atoms with Crippen LogP contribution in [0.5, 0.6) is 0 Å². The van der Waals surface area contributed by atoms with Gasteiger partial charge in [-0.25, -0.2) is 0 Å². The van der Waals surface area contributed by atoms with Crippen LogP contribution < -0.4 is 0 Å². The summed E-state index contributed by atoms with van der Waals surface area (Å²) in [6, 6.07) is 0.689. The van der Waals surface area contributed by atoms with Gasteiger partial charge < -0.3 is 0 Å². The maximum Gasteiger partial charge on any atom is 0.0379 e. The molecule has 1 aliphatic carbocycles. The number of piperidine rings is 1. The van der Waals surface area contributed by atoms with E-state index >= 15 is 0 Å². The molecule has 76 valence electrons. The van der Waals surface area contributed by atoms with Gasteiger partial charge in [-0.3, -0.25) is 4.90 Å². The predicted molar refractivity (Wildman–Crippen MR) is 57.3 cm³/mol. The number of nitrogens with zero attached hydrogens (tertiary/aromatic N) is 1. The molecule has 0 radical (unpaired) electrons. The second-order valence-corrected chi connectivity index (χ2v) is 4.88. The van der Waals surface area contributed by atoms with Crippen LogP contribution >= 0.6 is 11.6 Å². The van der Waals surface area contributed by atoms with E-state index in [1.807, 2.05) is 0 Å². The van der Waals surface area contributed by atoms with Gasteiger partial charge in [0.05, 0.1) is 0 Å². The van der Waals surface area contributed by atoms with E-state index in [1.54, 1.807) is 0 Å². The van der Waals surface area contributed by atoms with Gasteiger partial charge in [-0.2, -0.15) is 0 Å². The van der Waals surface area contributed by atoms with Crippen LogP contribution in [0.2, 0.25) is 0 Å². The zero-order valence-electron chi connectivity index (χ0n) is 8.34. The Morgan fingerprint density at radius 1 is 1.15 bits per heavy atom. The minimum Gasteiger partial charge on any atom is -0.299 e. The topological polar surface area (TPSA) is 3.24 Å². The molecule has 2 heteroatoms. The van der Waals surface area contributed by atoms with Crippen molar-refractivity contribution in [1.82, 2.24) is 4.90 Å². The summed E-state index contributed by atoms with van der Waals surface area (Å²) in [5.41, 5.74) is 0. The van der Waals surface area contributed by atoms with E-state index in [0.29, 0.717) is 6.04 Å². The molecule has 0 amide bonds. The number of hydrogen-bond donors (Lipinski definition) is 0. The summed E-state index contributed by atoms with van der Waals surface area (Å²) in [6.07, 6.45) is 8.50. The van der Waals surface area contributed by atoms with Gasteiger partial charge in [0.25, 0.3) is 0 Å². The summed E-state index contributed by atoms with van der Waals surface area (Å²) in [6.45, 7) is 2.60. The monoisotopic (exact) mass is 201 g/mol. The van der Waals surface area contributed by atoms with E-state index in [4.69, 9.17) is 11.6 Å². The fraction of sp³-hybridized carbons (Fsp3) is 1.00. The highest BCUT2D eigenvalue weighted by Crippen LogP contribution is 2.33. The van der Waals surface area contributed by atoms with Crippen molar-refractivity contribution in [3.63, 3.8) is 0 Å². The first kappa shape index (κ1) is 9.79. The maximum atomic E-state index is 5.96. The Morgan fingerprint density at radius 3 is 2.69 bits per heavy atom. The molecule has 13 heavy (non-hydrogen) atoms. The van der Waals surface area contributed by atoms with Gasteiger partial charge in [0.2, 0.25) is 0 Å². The average Bonchev–Trinajstić information content (AvgIpc) is 2.99. The predicted octanol–water partition coefficient (Wildman–Crippen LogP) is 2.88. The summed E-state index contributed by atoms with van der Waals surface area (Å²) in [7, 11) is 0. The van der Waals surface area contributed by atoms with E-state index in [2.05, 4.69) is 4.90 Å². The van der Waals surface area contributed by atoms with Crippen molar-refractivity contribution in [3.05, 3.63) is 0 Å². The Kier molecular flexibility index (Phi) is 3.51. The lowest BCUT2D eigenvalue weighted by molar-refractivity contribution is 0.159. The summed E-state index contributed by atoms with van der Waals surface area (Å²) in [5, 5.41) is 0. The molecule has 1 nitrogen and oxygen atoms in total. The molecule has 0 spiro atoms. The lowest BCUT2D eigenvalue weighted by Crippen LogP contribution is -2.41. The van der Waals surface area contributed by atoms with Gasteiger partial charge in [0, 0.05) is 11.9 Å². The Balaban J connectivity index is 1.72. The molecule has 1 heterocycles. The first-order valence-corrected chi connectivity index (χ1v) is 6.23. The minimum absolute atomic E-state index is 0.689. The molecule has 1 saturated heterocycles. The molecule has 2 aliphatic rings. The number of rotatable bonds is 4. The second kappa shape index (κ2) is 4.65. The first-order chi connectivity index (χ1) is 6.40. The number of alkyl halides is 1. The largest absolute Gasteiger partial charge is 0.299 e. The Labute approximate surface area is 86.4 Å². The molecule has 0 aromatic heterocycles. The van der Waals surface area contributed by atoms with Crippen LogP contribution in [0.1, 0.15) is 38.5 Å². The molecule has 0 N–H and O–H groups in total. The Morgan fingerprint density at radius 2 is 2.00 bits per heavy atom. The third-order valence-corrected chi connectivity index (χ3v) is 3.80. The third kappa shape index (κ3) is 2.85. The first-order valence-electron chi connectivity index (χ1n) is 5.70. The normalized spacial score (nSPS) is 30.7. The van der Waals surface area contributed by atoms with Crippen LogP contribution in [-0.2, 0) is 0 Å². The van der Waals surface area contributed by atoms with E-state index in [0.717, 1.165) is 11.8 Å². The van der Waals surface area contributed by atoms with Crippen molar-refractivity contribution in [2.24, 2.45) is 5.92 Å². The second-order valence-electron chi connectivity index (χ2n) is 4.57. The molecule has 2 fully saturated rings. The zero-order valence-corrected chi connectivity index (χ0v) is 9.10. The minimum atomic E-state index is 0.689. The quantitative estimate of drug-likeness (QED) is 0.633. The van der Waals surface area contributed by atoms with Crippen molar-refractivity contribution < 1.29 is 0 Å². The van der Waals surface area contributed by atoms with Crippen molar-refractivity contribution in [2.45, 2.75) is 44.6 Å². The van der Waals surface area contributed by atoms with Crippen LogP contribution in [0.4, 0.5) is 0 Å². The molecular weight excluding hydrogens is 182 g/mol. The summed E-state index contributed by atoms with van der Waals surface area (Å²) < 4.78 is 0. The molecule has 0 aromatic carbocycles. The van der Waals surface area contributed by atoms with Crippen molar-refractivity contribution in [1.29, 1.82) is 0 Å². The summed E-state index contributed by atoms with van der Waals surface area (Å²) in [4.78, 5) is 2.62. The van der Waals surface area contributed by atoms with Crippen LogP contribution in [0.15, 0.2) is 0 Å². The molecule has 0 aromatic rings. The van der Waals surface area contributed by atoms with Crippen molar-refractivity contribution in [2.75, 3.05) is 19.0 Å². The molecule has 1 unspecified atom stereocenters. The Bertz CT molecular complexity index is 156. The fourth-order valence-corrected chi connectivity index (χ4v) is 2.63. The molecule has 2 rings (SSSR count). The number of hydrogen-bond acceptors (Lipinski definition) is 1. The van der Waals surface area contributed by atoms with Crippen molar-refractivity contribution in [3.8, 4) is 0 Å². The van der Waals surface area contributed by atoms with Gasteiger partial charge in [0.15, 0.2) is 0 Å². The Hall–Kier alpha value is 0.250. The lowest BCUT2D eigenvalue weighted by Gasteiger charge is -2.34. The molecule has 1 saturated carbocycles. The van der Waals surface area contributed by atoms with Gasteiger partial charge >= 0.3 is 0 Å². The zero-order chi connectivity index (χ0) is 9.10. The molecular formula is C11H20ClN. The highest BCUT2D eigenvalue weighted by molar-refractivity contribution is 6.18. The molecule has 1 atom stereocenters.